The van der Waals surface area contributed by atoms with E-state index in [1.165, 1.54) is 17.4 Å². The number of hydrogen-bond donors (Lipinski definition) is 1. The highest BCUT2D eigenvalue weighted by molar-refractivity contribution is 7.93. The van der Waals surface area contributed by atoms with Crippen molar-refractivity contribution in [2.75, 3.05) is 4.72 Å². The van der Waals surface area contributed by atoms with Gasteiger partial charge in [0.15, 0.2) is 5.13 Å². The van der Waals surface area contributed by atoms with Gasteiger partial charge in [0.25, 0.3) is 10.0 Å². The molecule has 0 aliphatic rings. The summed E-state index contributed by atoms with van der Waals surface area (Å²) >= 11 is 13.1. The summed E-state index contributed by atoms with van der Waals surface area (Å²) in [7, 11) is -3.74. The molecule has 0 aliphatic heterocycles. The number of aromatic nitrogens is 1. The molecule has 0 fully saturated rings. The van der Waals surface area contributed by atoms with Crippen LogP contribution in [0, 0.1) is 6.92 Å². The van der Waals surface area contributed by atoms with E-state index in [0.717, 1.165) is 11.3 Å². The van der Waals surface area contributed by atoms with Gasteiger partial charge in [0.1, 0.15) is 0 Å². The van der Waals surface area contributed by atoms with Crippen LogP contribution in [0.25, 0.3) is 0 Å². The van der Waals surface area contributed by atoms with Crippen LogP contribution in [0.1, 0.15) is 16.8 Å². The average molecular weight is 413 g/mol. The van der Waals surface area contributed by atoms with Crippen LogP contribution in [-0.4, -0.2) is 13.4 Å². The topological polar surface area (TPSA) is 59.1 Å². The molecule has 2 aromatic carbocycles. The van der Waals surface area contributed by atoms with E-state index < -0.39 is 10.0 Å². The molecular formula is C17H14Cl2N2O2S2. The first-order valence-corrected chi connectivity index (χ1v) is 10.4. The minimum atomic E-state index is -3.74. The molecular weight excluding hydrogens is 399 g/mol. The van der Waals surface area contributed by atoms with Crippen LogP contribution in [0.3, 0.4) is 0 Å². The molecule has 0 atom stereocenters. The van der Waals surface area contributed by atoms with Crippen molar-refractivity contribution in [1.82, 2.24) is 4.98 Å². The van der Waals surface area contributed by atoms with E-state index in [-0.39, 0.29) is 4.90 Å². The monoisotopic (exact) mass is 412 g/mol. The number of sulfonamides is 1. The Hall–Kier alpha value is -1.60. The number of nitrogens with one attached hydrogen (secondary N) is 1. The fourth-order valence-corrected chi connectivity index (χ4v) is 4.88. The van der Waals surface area contributed by atoms with E-state index in [9.17, 15) is 8.42 Å². The van der Waals surface area contributed by atoms with Crippen molar-refractivity contribution in [2.45, 2.75) is 18.2 Å². The van der Waals surface area contributed by atoms with E-state index in [1.807, 2.05) is 29.6 Å². The normalized spacial score (nSPS) is 11.5. The van der Waals surface area contributed by atoms with Crippen molar-refractivity contribution in [2.24, 2.45) is 0 Å². The number of benzene rings is 2. The van der Waals surface area contributed by atoms with Gasteiger partial charge in [-0.1, -0.05) is 41.4 Å². The molecule has 0 saturated carbocycles. The van der Waals surface area contributed by atoms with Gasteiger partial charge < -0.3 is 0 Å². The van der Waals surface area contributed by atoms with Gasteiger partial charge in [0.2, 0.25) is 0 Å². The quantitative estimate of drug-likeness (QED) is 0.629. The van der Waals surface area contributed by atoms with Gasteiger partial charge in [-0.15, -0.1) is 11.3 Å². The number of hydrogen-bond acceptors (Lipinski definition) is 4. The molecule has 1 heterocycles. The summed E-state index contributed by atoms with van der Waals surface area (Å²) in [5, 5.41) is 3.23. The number of halogens is 2. The van der Waals surface area contributed by atoms with Crippen molar-refractivity contribution in [1.29, 1.82) is 0 Å². The van der Waals surface area contributed by atoms with Gasteiger partial charge >= 0.3 is 0 Å². The first-order valence-electron chi connectivity index (χ1n) is 7.32. The Morgan fingerprint density at radius 1 is 1.12 bits per heavy atom. The molecule has 4 nitrogen and oxygen atoms in total. The van der Waals surface area contributed by atoms with E-state index in [1.54, 1.807) is 19.1 Å². The Balaban J connectivity index is 1.78. The molecule has 1 aromatic heterocycles. The molecule has 0 spiro atoms. The summed E-state index contributed by atoms with van der Waals surface area (Å²) < 4.78 is 27.6. The Morgan fingerprint density at radius 3 is 2.56 bits per heavy atom. The first-order chi connectivity index (χ1) is 11.8. The molecule has 25 heavy (non-hydrogen) atoms. The molecule has 0 saturated heterocycles. The Morgan fingerprint density at radius 2 is 1.84 bits per heavy atom. The van der Waals surface area contributed by atoms with Crippen molar-refractivity contribution < 1.29 is 8.42 Å². The van der Waals surface area contributed by atoms with Crippen LogP contribution >= 0.6 is 34.5 Å². The number of thiazole rings is 1. The molecule has 3 aromatic rings. The third-order valence-corrected chi connectivity index (χ3v) is 6.66. The minimum Gasteiger partial charge on any atom is -0.255 e. The van der Waals surface area contributed by atoms with Gasteiger partial charge in [0, 0.05) is 21.8 Å². The summed E-state index contributed by atoms with van der Waals surface area (Å²) in [4.78, 5) is 4.50. The summed E-state index contributed by atoms with van der Waals surface area (Å²) in [5.74, 6) is 0. The van der Waals surface area contributed by atoms with Gasteiger partial charge in [0.05, 0.1) is 10.6 Å². The molecule has 1 N–H and O–H groups in total. The molecule has 0 bridgehead atoms. The van der Waals surface area contributed by atoms with Gasteiger partial charge in [-0.3, -0.25) is 4.72 Å². The lowest BCUT2D eigenvalue weighted by atomic mass is 10.1. The highest BCUT2D eigenvalue weighted by atomic mass is 35.5. The Kier molecular flexibility index (Phi) is 5.34. The summed E-state index contributed by atoms with van der Waals surface area (Å²) in [5.41, 5.74) is 2.34. The zero-order valence-corrected chi connectivity index (χ0v) is 16.3. The average Bonchev–Trinajstić information content (AvgIpc) is 2.98. The van der Waals surface area contributed by atoms with Crippen molar-refractivity contribution in [3.63, 3.8) is 0 Å². The molecule has 3 rings (SSSR count). The van der Waals surface area contributed by atoms with Crippen LogP contribution in [0.4, 0.5) is 5.13 Å². The van der Waals surface area contributed by atoms with E-state index in [2.05, 4.69) is 9.71 Å². The van der Waals surface area contributed by atoms with Gasteiger partial charge in [-0.05, 0) is 42.3 Å². The molecule has 0 radical (unpaired) electrons. The largest absolute Gasteiger partial charge is 0.263 e. The van der Waals surface area contributed by atoms with E-state index in [4.69, 9.17) is 23.2 Å². The van der Waals surface area contributed by atoms with Crippen LogP contribution in [-0.2, 0) is 16.4 Å². The maximum atomic E-state index is 12.6. The van der Waals surface area contributed by atoms with Crippen molar-refractivity contribution in [3.8, 4) is 0 Å². The first kappa shape index (κ1) is 18.2. The van der Waals surface area contributed by atoms with Crippen molar-refractivity contribution >= 4 is 49.7 Å². The lowest BCUT2D eigenvalue weighted by Crippen LogP contribution is -2.14. The van der Waals surface area contributed by atoms with Crippen LogP contribution in [0.5, 0.6) is 0 Å². The number of anilines is 1. The summed E-state index contributed by atoms with van der Waals surface area (Å²) in [6.45, 7) is 1.67. The maximum absolute atomic E-state index is 12.6. The standard InChI is InChI=1S/C17H14Cl2N2O2S2/c1-11-15(19)3-2-4-16(11)25(22,23)21-17-20-14(10-24-17)9-12-5-7-13(18)8-6-12/h2-8,10H,9H2,1H3,(H,20,21). The highest BCUT2D eigenvalue weighted by Gasteiger charge is 2.19. The zero-order valence-electron chi connectivity index (χ0n) is 13.2. The smallest absolute Gasteiger partial charge is 0.255 e. The van der Waals surface area contributed by atoms with E-state index in [0.29, 0.717) is 27.2 Å². The second-order valence-corrected chi connectivity index (χ2v) is 8.77. The fourth-order valence-electron chi connectivity index (χ4n) is 2.30. The van der Waals surface area contributed by atoms with Gasteiger partial charge in [-0.25, -0.2) is 13.4 Å². The van der Waals surface area contributed by atoms with Crippen LogP contribution < -0.4 is 4.72 Å². The second kappa shape index (κ2) is 7.33. The molecule has 0 unspecified atom stereocenters. The fraction of sp³-hybridized carbons (Fsp3) is 0.118. The summed E-state index contributed by atoms with van der Waals surface area (Å²) in [6.07, 6.45) is 0.603. The van der Waals surface area contributed by atoms with Crippen molar-refractivity contribution in [3.05, 3.63) is 74.7 Å². The Bertz CT molecular complexity index is 1000. The lowest BCUT2D eigenvalue weighted by Gasteiger charge is -2.09. The third-order valence-electron chi connectivity index (χ3n) is 3.58. The van der Waals surface area contributed by atoms with E-state index >= 15 is 0 Å². The minimum absolute atomic E-state index is 0.148. The molecule has 130 valence electrons. The third kappa shape index (κ3) is 4.33. The summed E-state index contributed by atoms with van der Waals surface area (Å²) in [6, 6.07) is 12.2. The van der Waals surface area contributed by atoms with Gasteiger partial charge in [-0.2, -0.15) is 0 Å². The lowest BCUT2D eigenvalue weighted by molar-refractivity contribution is 0.600. The highest BCUT2D eigenvalue weighted by Crippen LogP contribution is 2.26. The molecule has 0 amide bonds. The second-order valence-electron chi connectivity index (χ2n) is 5.42. The molecule has 0 aliphatic carbocycles. The maximum Gasteiger partial charge on any atom is 0.263 e. The molecule has 8 heteroatoms. The predicted molar refractivity (Wildman–Crippen MR) is 103 cm³/mol. The Labute approximate surface area is 160 Å². The number of nitrogens with zero attached hydrogens (tertiary/aromatic N) is 1. The number of rotatable bonds is 5. The van der Waals surface area contributed by atoms with Crippen LogP contribution in [0.15, 0.2) is 52.7 Å². The SMILES string of the molecule is Cc1c(Cl)cccc1S(=O)(=O)Nc1nc(Cc2ccc(Cl)cc2)cs1. The predicted octanol–water partition coefficient (Wildman–Crippen LogP) is 5.15. The van der Waals surface area contributed by atoms with Crippen LogP contribution in [0.2, 0.25) is 10.0 Å². The zero-order chi connectivity index (χ0) is 18.0.